The van der Waals surface area contributed by atoms with Crippen LogP contribution >= 0.6 is 22.9 Å². The Morgan fingerprint density at radius 3 is 2.55 bits per heavy atom. The van der Waals surface area contributed by atoms with E-state index >= 15 is 0 Å². The smallest absolute Gasteiger partial charge is 0.345 e. The first-order valence-corrected chi connectivity index (χ1v) is 11.4. The van der Waals surface area contributed by atoms with E-state index in [0.29, 0.717) is 11.3 Å². The van der Waals surface area contributed by atoms with Crippen LogP contribution in [0.15, 0.2) is 53.6 Å². The molecule has 2 aromatic carbocycles. The first-order chi connectivity index (χ1) is 15.5. The molecular weight excluding hydrogens is 503 g/mol. The Labute approximate surface area is 194 Å². The van der Waals surface area contributed by atoms with Gasteiger partial charge in [0.05, 0.1) is 20.4 Å². The molecule has 3 aromatic rings. The van der Waals surface area contributed by atoms with E-state index in [4.69, 9.17) is 16.3 Å². The quantitative estimate of drug-likeness (QED) is 0.263. The molecule has 0 aliphatic heterocycles. The summed E-state index contributed by atoms with van der Waals surface area (Å²) in [6, 6.07) is 7.83. The maximum atomic E-state index is 13.0. The minimum absolute atomic E-state index is 0.0688. The van der Waals surface area contributed by atoms with E-state index in [1.165, 1.54) is 12.1 Å². The zero-order valence-electron chi connectivity index (χ0n) is 16.2. The van der Waals surface area contributed by atoms with E-state index in [0.717, 1.165) is 36.5 Å². The Balaban J connectivity index is 1.67. The second-order valence-corrected chi connectivity index (χ2v) is 9.24. The Kier molecular flexibility index (Phi) is 7.20. The number of anilines is 2. The van der Waals surface area contributed by atoms with Crippen molar-refractivity contribution in [3.8, 4) is 0 Å². The average molecular weight is 515 g/mol. The van der Waals surface area contributed by atoms with Gasteiger partial charge < -0.3 is 4.74 Å². The lowest BCUT2D eigenvalue weighted by atomic mass is 10.2. The molecule has 2 N–H and O–H groups in total. The molecule has 15 heteroatoms. The number of ether oxygens (including phenoxy) is 1. The van der Waals surface area contributed by atoms with E-state index in [2.05, 4.69) is 15.0 Å². The fourth-order valence-corrected chi connectivity index (χ4v) is 4.26. The summed E-state index contributed by atoms with van der Waals surface area (Å²) in [5, 5.41) is 12.4. The molecule has 0 aliphatic carbocycles. The highest BCUT2D eigenvalue weighted by atomic mass is 35.5. The van der Waals surface area contributed by atoms with Crippen molar-refractivity contribution in [3.05, 3.63) is 75.2 Å². The molecule has 0 fully saturated rings. The summed E-state index contributed by atoms with van der Waals surface area (Å²) in [6.45, 7) is -0.784. The summed E-state index contributed by atoms with van der Waals surface area (Å²) in [5.41, 5.74) is -0.231. The number of thiazole rings is 1. The number of carbonyl (C=O) groups excluding carboxylic acids is 2. The van der Waals surface area contributed by atoms with Gasteiger partial charge in [-0.3, -0.25) is 24.9 Å². The van der Waals surface area contributed by atoms with Crippen molar-refractivity contribution < 1.29 is 32.1 Å². The molecule has 1 heterocycles. The number of carbonyl (C=O) groups is 2. The second kappa shape index (κ2) is 9.89. The molecule has 0 radical (unpaired) electrons. The Morgan fingerprint density at radius 1 is 1.21 bits per heavy atom. The number of amides is 1. The van der Waals surface area contributed by atoms with Crippen LogP contribution in [0.4, 0.5) is 20.2 Å². The minimum atomic E-state index is -4.16. The fraction of sp³-hybridized carbons (Fsp3) is 0.0556. The van der Waals surface area contributed by atoms with Crippen molar-refractivity contribution in [2.75, 3.05) is 16.6 Å². The van der Waals surface area contributed by atoms with Gasteiger partial charge in [-0.05, 0) is 53.8 Å². The number of benzene rings is 2. The average Bonchev–Trinajstić information content (AvgIpc) is 3.22. The van der Waals surface area contributed by atoms with Gasteiger partial charge in [0.15, 0.2) is 11.7 Å². The Bertz CT molecular complexity index is 1330. The number of sulfonamides is 1. The summed E-state index contributed by atoms with van der Waals surface area (Å²) < 4.78 is 45.2. The highest BCUT2D eigenvalue weighted by molar-refractivity contribution is 7.92. The van der Waals surface area contributed by atoms with Crippen molar-refractivity contribution in [1.82, 2.24) is 4.98 Å². The molecule has 1 amide bonds. The number of nitrogens with one attached hydrogen (secondary N) is 2. The molecule has 33 heavy (non-hydrogen) atoms. The number of nitro groups is 1. The molecule has 0 atom stereocenters. The molecule has 0 saturated heterocycles. The van der Waals surface area contributed by atoms with Gasteiger partial charge in [-0.1, -0.05) is 11.6 Å². The SMILES string of the molecule is O=C(COC(=O)c1cc(S(=O)(=O)Nc2ccc(F)cc2)ccc1Cl)Nc1ncc([N+](=O)[O-])s1. The highest BCUT2D eigenvalue weighted by Gasteiger charge is 2.21. The number of rotatable bonds is 8. The monoisotopic (exact) mass is 514 g/mol. The van der Waals surface area contributed by atoms with Crippen LogP contribution in [0.25, 0.3) is 0 Å². The van der Waals surface area contributed by atoms with Crippen molar-refractivity contribution in [1.29, 1.82) is 0 Å². The number of hydrogen-bond acceptors (Lipinski definition) is 9. The lowest BCUT2D eigenvalue weighted by Gasteiger charge is -2.11. The first kappa shape index (κ1) is 24.0. The molecular formula is C18H12ClFN4O7S2. The van der Waals surface area contributed by atoms with Crippen LogP contribution < -0.4 is 10.0 Å². The van der Waals surface area contributed by atoms with Crippen LogP contribution in [-0.2, 0) is 19.6 Å². The van der Waals surface area contributed by atoms with Gasteiger partial charge in [-0.2, -0.15) is 0 Å². The third-order valence-corrected chi connectivity index (χ3v) is 6.39. The van der Waals surface area contributed by atoms with Crippen molar-refractivity contribution in [2.24, 2.45) is 0 Å². The largest absolute Gasteiger partial charge is 0.452 e. The molecule has 0 unspecified atom stereocenters. The maximum Gasteiger partial charge on any atom is 0.345 e. The highest BCUT2D eigenvalue weighted by Crippen LogP contribution is 2.25. The molecule has 0 aliphatic rings. The number of aromatic nitrogens is 1. The first-order valence-electron chi connectivity index (χ1n) is 8.70. The number of nitrogens with zero attached hydrogens (tertiary/aromatic N) is 2. The predicted molar refractivity (Wildman–Crippen MR) is 116 cm³/mol. The molecule has 0 bridgehead atoms. The Morgan fingerprint density at radius 2 is 1.91 bits per heavy atom. The van der Waals surface area contributed by atoms with Crippen LogP contribution in [0.5, 0.6) is 0 Å². The lowest BCUT2D eigenvalue weighted by molar-refractivity contribution is -0.380. The van der Waals surface area contributed by atoms with Crippen LogP contribution in [0.3, 0.4) is 0 Å². The van der Waals surface area contributed by atoms with E-state index < -0.39 is 39.2 Å². The van der Waals surface area contributed by atoms with E-state index in [1.54, 1.807) is 0 Å². The topological polar surface area (TPSA) is 158 Å². The van der Waals surface area contributed by atoms with E-state index in [1.807, 2.05) is 0 Å². The van der Waals surface area contributed by atoms with Gasteiger partial charge in [-0.15, -0.1) is 0 Å². The van der Waals surface area contributed by atoms with Gasteiger partial charge in [0.2, 0.25) is 0 Å². The van der Waals surface area contributed by atoms with Crippen LogP contribution in [-0.4, -0.2) is 36.8 Å². The third-order valence-electron chi connectivity index (χ3n) is 3.82. The minimum Gasteiger partial charge on any atom is -0.452 e. The van der Waals surface area contributed by atoms with E-state index in [9.17, 15) is 32.5 Å². The van der Waals surface area contributed by atoms with Gasteiger partial charge in [0.1, 0.15) is 12.0 Å². The predicted octanol–water partition coefficient (Wildman–Crippen LogP) is 3.44. The standard InChI is InChI=1S/C18H12ClFN4O7S2/c19-14-6-5-12(33(29,30)23-11-3-1-10(20)2-4-11)7-13(14)17(26)31-9-15(25)22-18-21-8-16(32-18)24(27)28/h1-8,23H,9H2,(H,21,22,25). The number of halogens is 2. The van der Waals surface area contributed by atoms with Gasteiger partial charge >= 0.3 is 11.0 Å². The Hall–Kier alpha value is -3.62. The summed E-state index contributed by atoms with van der Waals surface area (Å²) in [6.07, 6.45) is 0.956. The number of hydrogen-bond donors (Lipinski definition) is 2. The number of esters is 1. The summed E-state index contributed by atoms with van der Waals surface area (Å²) in [7, 11) is -4.16. The molecule has 3 rings (SSSR count). The van der Waals surface area contributed by atoms with Gasteiger partial charge in [0, 0.05) is 5.69 Å². The van der Waals surface area contributed by atoms with Crippen LogP contribution in [0.2, 0.25) is 5.02 Å². The summed E-state index contributed by atoms with van der Waals surface area (Å²) in [4.78, 5) is 37.5. The molecule has 1 aromatic heterocycles. The van der Waals surface area contributed by atoms with Gasteiger partial charge in [-0.25, -0.2) is 22.6 Å². The van der Waals surface area contributed by atoms with Crippen LogP contribution in [0.1, 0.15) is 10.4 Å². The molecule has 0 spiro atoms. The fourth-order valence-electron chi connectivity index (χ4n) is 2.33. The van der Waals surface area contributed by atoms with Crippen molar-refractivity contribution in [3.63, 3.8) is 0 Å². The lowest BCUT2D eigenvalue weighted by Crippen LogP contribution is -2.21. The zero-order valence-corrected chi connectivity index (χ0v) is 18.5. The summed E-state index contributed by atoms with van der Waals surface area (Å²) >= 11 is 6.58. The van der Waals surface area contributed by atoms with Crippen molar-refractivity contribution in [2.45, 2.75) is 4.90 Å². The molecule has 0 saturated carbocycles. The van der Waals surface area contributed by atoms with Crippen LogP contribution in [0, 0.1) is 15.9 Å². The second-order valence-electron chi connectivity index (χ2n) is 6.14. The van der Waals surface area contributed by atoms with Gasteiger partial charge in [0.25, 0.3) is 15.9 Å². The third kappa shape index (κ3) is 6.21. The normalized spacial score (nSPS) is 11.0. The zero-order chi connectivity index (χ0) is 24.2. The summed E-state index contributed by atoms with van der Waals surface area (Å²) in [5.74, 6) is -2.46. The maximum absolute atomic E-state index is 13.0. The molecule has 11 nitrogen and oxygen atoms in total. The van der Waals surface area contributed by atoms with Crippen molar-refractivity contribution >= 4 is 60.7 Å². The van der Waals surface area contributed by atoms with E-state index in [-0.39, 0.29) is 31.3 Å². The molecule has 172 valence electrons.